The van der Waals surface area contributed by atoms with Crippen molar-refractivity contribution in [2.75, 3.05) is 5.75 Å². The lowest BCUT2D eigenvalue weighted by Gasteiger charge is -2.33. The fraction of sp³-hybridized carbons (Fsp3) is 0.833. The molecule has 0 aliphatic carbocycles. The molecule has 1 atom stereocenters. The summed E-state index contributed by atoms with van der Waals surface area (Å²) in [7, 11) is 0. The standard InChI is InChI=1S/C12H23N3O2S/c1-3-12(4-2,11(13)15-17)14-10(16)9-7-5-6-8-18-9/h9,17H,3-8H2,1-2H3,(H2,13,15)(H,14,16). The zero-order valence-corrected chi connectivity index (χ0v) is 11.9. The molecule has 1 fully saturated rings. The monoisotopic (exact) mass is 273 g/mol. The van der Waals surface area contributed by atoms with Gasteiger partial charge in [-0.05, 0) is 31.4 Å². The molecule has 1 unspecified atom stereocenters. The molecular formula is C12H23N3O2S. The fourth-order valence-corrected chi connectivity index (χ4v) is 3.41. The molecule has 5 nitrogen and oxygen atoms in total. The molecule has 0 aromatic heterocycles. The van der Waals surface area contributed by atoms with Crippen molar-refractivity contribution in [3.05, 3.63) is 0 Å². The van der Waals surface area contributed by atoms with Crippen LogP contribution in [0.2, 0.25) is 0 Å². The van der Waals surface area contributed by atoms with Gasteiger partial charge in [-0.25, -0.2) is 0 Å². The SMILES string of the molecule is CCC(CC)(NC(=O)C1CCCCS1)C(N)=NO. The number of nitrogens with zero attached hydrogens (tertiary/aromatic N) is 1. The highest BCUT2D eigenvalue weighted by Crippen LogP contribution is 2.26. The first-order valence-corrected chi connectivity index (χ1v) is 7.56. The van der Waals surface area contributed by atoms with Crippen molar-refractivity contribution in [1.29, 1.82) is 0 Å². The first-order valence-electron chi connectivity index (χ1n) is 6.51. The Morgan fingerprint density at radius 2 is 2.17 bits per heavy atom. The Morgan fingerprint density at radius 1 is 1.50 bits per heavy atom. The number of carbonyl (C=O) groups is 1. The van der Waals surface area contributed by atoms with Crippen LogP contribution in [0.5, 0.6) is 0 Å². The highest BCUT2D eigenvalue weighted by atomic mass is 32.2. The number of rotatable bonds is 5. The number of hydrogen-bond donors (Lipinski definition) is 3. The lowest BCUT2D eigenvalue weighted by atomic mass is 9.91. The summed E-state index contributed by atoms with van der Waals surface area (Å²) in [6.45, 7) is 3.85. The summed E-state index contributed by atoms with van der Waals surface area (Å²) in [6, 6.07) is 0. The number of nitrogens with one attached hydrogen (secondary N) is 1. The quantitative estimate of drug-likeness (QED) is 0.308. The van der Waals surface area contributed by atoms with Crippen LogP contribution in [-0.2, 0) is 4.79 Å². The Labute approximate surface area is 113 Å². The van der Waals surface area contributed by atoms with Gasteiger partial charge in [0.25, 0.3) is 0 Å². The number of carbonyl (C=O) groups excluding carboxylic acids is 1. The van der Waals surface area contributed by atoms with E-state index in [2.05, 4.69) is 10.5 Å². The largest absolute Gasteiger partial charge is 0.409 e. The van der Waals surface area contributed by atoms with Gasteiger partial charge in [0, 0.05) is 0 Å². The third-order valence-corrected chi connectivity index (χ3v) is 5.02. The molecule has 18 heavy (non-hydrogen) atoms. The van der Waals surface area contributed by atoms with Gasteiger partial charge in [-0.3, -0.25) is 4.79 Å². The van der Waals surface area contributed by atoms with Crippen molar-refractivity contribution in [2.24, 2.45) is 10.9 Å². The molecule has 0 radical (unpaired) electrons. The third-order valence-electron chi connectivity index (χ3n) is 3.64. The van der Waals surface area contributed by atoms with Crippen LogP contribution in [0.4, 0.5) is 0 Å². The van der Waals surface area contributed by atoms with Gasteiger partial charge in [-0.1, -0.05) is 25.4 Å². The van der Waals surface area contributed by atoms with Crippen LogP contribution in [0.3, 0.4) is 0 Å². The van der Waals surface area contributed by atoms with Crippen LogP contribution in [-0.4, -0.2) is 33.5 Å². The fourth-order valence-electron chi connectivity index (χ4n) is 2.21. The van der Waals surface area contributed by atoms with Crippen molar-refractivity contribution >= 4 is 23.5 Å². The molecule has 4 N–H and O–H groups in total. The van der Waals surface area contributed by atoms with E-state index < -0.39 is 5.54 Å². The number of thioether (sulfide) groups is 1. The lowest BCUT2D eigenvalue weighted by molar-refractivity contribution is -0.122. The molecule has 1 rings (SSSR count). The van der Waals surface area contributed by atoms with E-state index >= 15 is 0 Å². The molecule has 104 valence electrons. The van der Waals surface area contributed by atoms with E-state index in [0.29, 0.717) is 12.8 Å². The van der Waals surface area contributed by atoms with Gasteiger partial charge in [0.05, 0.1) is 5.25 Å². The smallest absolute Gasteiger partial charge is 0.233 e. The van der Waals surface area contributed by atoms with Gasteiger partial charge < -0.3 is 16.3 Å². The Hall–Kier alpha value is -0.910. The highest BCUT2D eigenvalue weighted by molar-refractivity contribution is 8.00. The summed E-state index contributed by atoms with van der Waals surface area (Å²) in [5.74, 6) is 1.13. The zero-order chi connectivity index (χ0) is 13.6. The number of amidine groups is 1. The minimum Gasteiger partial charge on any atom is -0.409 e. The lowest BCUT2D eigenvalue weighted by Crippen LogP contribution is -2.58. The Morgan fingerprint density at radius 3 is 2.61 bits per heavy atom. The van der Waals surface area contributed by atoms with Crippen molar-refractivity contribution in [2.45, 2.75) is 56.7 Å². The van der Waals surface area contributed by atoms with Crippen LogP contribution >= 0.6 is 11.8 Å². The van der Waals surface area contributed by atoms with Crippen molar-refractivity contribution in [3.8, 4) is 0 Å². The maximum absolute atomic E-state index is 12.2. The topological polar surface area (TPSA) is 87.7 Å². The molecule has 0 saturated carbocycles. The van der Waals surface area contributed by atoms with E-state index in [-0.39, 0.29) is 17.0 Å². The average Bonchev–Trinajstić information content (AvgIpc) is 2.44. The van der Waals surface area contributed by atoms with Crippen LogP contribution in [0, 0.1) is 0 Å². The van der Waals surface area contributed by atoms with Crippen molar-refractivity contribution in [3.63, 3.8) is 0 Å². The molecule has 0 aromatic rings. The van der Waals surface area contributed by atoms with Crippen molar-refractivity contribution < 1.29 is 10.0 Å². The molecule has 0 spiro atoms. The molecule has 0 bridgehead atoms. The van der Waals surface area contributed by atoms with Gasteiger partial charge in [-0.2, -0.15) is 0 Å². The second-order valence-electron chi connectivity index (χ2n) is 4.62. The molecule has 1 saturated heterocycles. The van der Waals surface area contributed by atoms with E-state index in [9.17, 15) is 4.79 Å². The molecular weight excluding hydrogens is 250 g/mol. The number of nitrogens with two attached hydrogens (primary N) is 1. The number of hydrogen-bond acceptors (Lipinski definition) is 4. The van der Waals surface area contributed by atoms with Gasteiger partial charge in [0.1, 0.15) is 5.54 Å². The van der Waals surface area contributed by atoms with Gasteiger partial charge in [-0.15, -0.1) is 11.8 Å². The van der Waals surface area contributed by atoms with Crippen LogP contribution < -0.4 is 11.1 Å². The minimum absolute atomic E-state index is 0.00252. The zero-order valence-electron chi connectivity index (χ0n) is 11.1. The Kier molecular flexibility index (Phi) is 5.78. The highest BCUT2D eigenvalue weighted by Gasteiger charge is 2.35. The Balaban J connectivity index is 2.74. The van der Waals surface area contributed by atoms with Crippen LogP contribution in [0.25, 0.3) is 0 Å². The van der Waals surface area contributed by atoms with E-state index in [1.807, 2.05) is 13.8 Å². The minimum atomic E-state index is -0.718. The summed E-state index contributed by atoms with van der Waals surface area (Å²) in [5, 5.41) is 14.9. The van der Waals surface area contributed by atoms with Crippen LogP contribution in [0.15, 0.2) is 5.16 Å². The number of oxime groups is 1. The van der Waals surface area contributed by atoms with E-state index in [0.717, 1.165) is 18.6 Å². The maximum Gasteiger partial charge on any atom is 0.233 e. The van der Waals surface area contributed by atoms with Gasteiger partial charge in [0.15, 0.2) is 5.84 Å². The molecule has 1 heterocycles. The van der Waals surface area contributed by atoms with Gasteiger partial charge >= 0.3 is 0 Å². The van der Waals surface area contributed by atoms with Crippen LogP contribution in [0.1, 0.15) is 46.0 Å². The summed E-state index contributed by atoms with van der Waals surface area (Å²) < 4.78 is 0. The molecule has 0 aromatic carbocycles. The van der Waals surface area contributed by atoms with E-state index in [4.69, 9.17) is 10.9 Å². The third kappa shape index (κ3) is 3.31. The summed E-state index contributed by atoms with van der Waals surface area (Å²) in [4.78, 5) is 12.2. The second-order valence-corrected chi connectivity index (χ2v) is 5.93. The molecule has 1 aliphatic heterocycles. The van der Waals surface area contributed by atoms with E-state index in [1.54, 1.807) is 11.8 Å². The Bertz CT molecular complexity index is 310. The first kappa shape index (κ1) is 15.1. The second kappa shape index (κ2) is 6.87. The molecule has 1 aliphatic rings. The first-order chi connectivity index (χ1) is 8.59. The number of amides is 1. The predicted molar refractivity (Wildman–Crippen MR) is 75.0 cm³/mol. The summed E-state index contributed by atoms with van der Waals surface area (Å²) >= 11 is 1.70. The summed E-state index contributed by atoms with van der Waals surface area (Å²) in [5.41, 5.74) is 5.01. The normalized spacial score (nSPS) is 21.7. The predicted octanol–water partition coefficient (Wildman–Crippen LogP) is 1.69. The maximum atomic E-state index is 12.2. The average molecular weight is 273 g/mol. The van der Waals surface area contributed by atoms with Gasteiger partial charge in [0.2, 0.25) is 5.91 Å². The molecule has 1 amide bonds. The molecule has 6 heteroatoms. The summed E-state index contributed by atoms with van der Waals surface area (Å²) in [6.07, 6.45) is 4.42. The van der Waals surface area contributed by atoms with E-state index in [1.165, 1.54) is 6.42 Å². The van der Waals surface area contributed by atoms with Crippen molar-refractivity contribution in [1.82, 2.24) is 5.32 Å².